The third-order valence-electron chi connectivity index (χ3n) is 3.02. The van der Waals surface area contributed by atoms with E-state index in [1.807, 2.05) is 0 Å². The van der Waals surface area contributed by atoms with E-state index in [2.05, 4.69) is 4.72 Å². The van der Waals surface area contributed by atoms with Crippen LogP contribution < -0.4 is 10.5 Å². The van der Waals surface area contributed by atoms with Crippen LogP contribution in [0.25, 0.3) is 0 Å². The molecule has 0 aliphatic heterocycles. The van der Waals surface area contributed by atoms with Crippen molar-refractivity contribution in [2.75, 3.05) is 5.73 Å². The van der Waals surface area contributed by atoms with Crippen molar-refractivity contribution in [2.24, 2.45) is 0 Å². The van der Waals surface area contributed by atoms with Gasteiger partial charge in [0.1, 0.15) is 5.82 Å². The molecule has 0 radical (unpaired) electrons. The molecule has 7 heteroatoms. The zero-order valence-corrected chi connectivity index (χ0v) is 12.8. The maximum Gasteiger partial charge on any atom is 0.241 e. The molecule has 0 bridgehead atoms. The number of rotatable bonds is 4. The number of nitrogens with two attached hydrogens (primary N) is 1. The summed E-state index contributed by atoms with van der Waals surface area (Å²) >= 11 is 5.83. The molecule has 0 heterocycles. The first-order chi connectivity index (χ1) is 9.79. The third kappa shape index (κ3) is 3.72. The minimum atomic E-state index is -3.85. The molecule has 4 nitrogen and oxygen atoms in total. The first kappa shape index (κ1) is 15.8. The summed E-state index contributed by atoms with van der Waals surface area (Å²) in [6, 6.07) is 8.97. The van der Waals surface area contributed by atoms with Crippen LogP contribution in [0.4, 0.5) is 10.1 Å². The molecule has 0 aliphatic carbocycles. The van der Waals surface area contributed by atoms with E-state index in [-0.39, 0.29) is 22.7 Å². The van der Waals surface area contributed by atoms with Gasteiger partial charge in [-0.2, -0.15) is 0 Å². The van der Waals surface area contributed by atoms with Gasteiger partial charge in [-0.3, -0.25) is 0 Å². The van der Waals surface area contributed by atoms with Crippen molar-refractivity contribution in [2.45, 2.75) is 18.4 Å². The molecule has 0 aromatic heterocycles. The Morgan fingerprint density at radius 2 is 2.00 bits per heavy atom. The lowest BCUT2D eigenvalue weighted by Crippen LogP contribution is -2.23. The average molecular weight is 329 g/mol. The molecular weight excluding hydrogens is 315 g/mol. The largest absolute Gasteiger partial charge is 0.398 e. The summed E-state index contributed by atoms with van der Waals surface area (Å²) < 4.78 is 40.3. The maximum absolute atomic E-state index is 13.6. The Morgan fingerprint density at radius 3 is 2.62 bits per heavy atom. The molecule has 0 fully saturated rings. The maximum atomic E-state index is 13.6. The van der Waals surface area contributed by atoms with Gasteiger partial charge in [0.05, 0.1) is 4.90 Å². The van der Waals surface area contributed by atoms with E-state index < -0.39 is 15.8 Å². The molecular formula is C14H14ClFN2O2S. The van der Waals surface area contributed by atoms with Gasteiger partial charge in [0.25, 0.3) is 0 Å². The normalized spacial score (nSPS) is 11.6. The van der Waals surface area contributed by atoms with E-state index >= 15 is 0 Å². The number of nitrogens with one attached hydrogen (secondary N) is 1. The zero-order chi connectivity index (χ0) is 15.6. The molecule has 0 spiro atoms. The van der Waals surface area contributed by atoms with Crippen molar-refractivity contribution in [3.63, 3.8) is 0 Å². The van der Waals surface area contributed by atoms with Crippen molar-refractivity contribution in [1.29, 1.82) is 0 Å². The number of halogens is 2. The predicted octanol–water partition coefficient (Wildman–Crippen LogP) is 2.85. The van der Waals surface area contributed by atoms with Gasteiger partial charge in [0, 0.05) is 22.8 Å². The van der Waals surface area contributed by atoms with E-state index in [1.54, 1.807) is 24.3 Å². The summed E-state index contributed by atoms with van der Waals surface area (Å²) in [5.74, 6) is -0.655. The van der Waals surface area contributed by atoms with Crippen molar-refractivity contribution in [1.82, 2.24) is 4.72 Å². The van der Waals surface area contributed by atoms with Gasteiger partial charge in [-0.1, -0.05) is 23.7 Å². The fraction of sp³-hybridized carbons (Fsp3) is 0.143. The highest BCUT2D eigenvalue weighted by atomic mass is 35.5. The molecule has 2 aromatic rings. The Hall–Kier alpha value is -1.63. The lowest BCUT2D eigenvalue weighted by atomic mass is 10.2. The monoisotopic (exact) mass is 328 g/mol. The zero-order valence-electron chi connectivity index (χ0n) is 11.2. The van der Waals surface area contributed by atoms with Gasteiger partial charge in [-0.05, 0) is 36.8 Å². The van der Waals surface area contributed by atoms with Crippen LogP contribution in [0.5, 0.6) is 0 Å². The summed E-state index contributed by atoms with van der Waals surface area (Å²) in [5.41, 5.74) is 6.62. The van der Waals surface area contributed by atoms with Crippen LogP contribution in [0.3, 0.4) is 0 Å². The minimum absolute atomic E-state index is 0.0539. The van der Waals surface area contributed by atoms with E-state index in [4.69, 9.17) is 17.3 Å². The second-order valence-electron chi connectivity index (χ2n) is 4.57. The number of anilines is 1. The van der Waals surface area contributed by atoms with Gasteiger partial charge in [0.2, 0.25) is 10.0 Å². The van der Waals surface area contributed by atoms with Crippen molar-refractivity contribution < 1.29 is 12.8 Å². The van der Waals surface area contributed by atoms with Gasteiger partial charge >= 0.3 is 0 Å². The Labute approximate surface area is 127 Å². The van der Waals surface area contributed by atoms with Crippen LogP contribution in [0.15, 0.2) is 41.3 Å². The molecule has 0 saturated carbocycles. The first-order valence-electron chi connectivity index (χ1n) is 6.09. The highest BCUT2D eigenvalue weighted by Gasteiger charge is 2.17. The second-order valence-corrected chi connectivity index (χ2v) is 6.78. The summed E-state index contributed by atoms with van der Waals surface area (Å²) in [6.45, 7) is 1.54. The number of hydrogen-bond donors (Lipinski definition) is 2. The Balaban J connectivity index is 2.23. The van der Waals surface area contributed by atoms with Gasteiger partial charge in [0.15, 0.2) is 0 Å². The molecule has 2 aromatic carbocycles. The lowest BCUT2D eigenvalue weighted by Gasteiger charge is -2.09. The summed E-state index contributed by atoms with van der Waals surface area (Å²) in [6.07, 6.45) is 0. The van der Waals surface area contributed by atoms with Gasteiger partial charge in [-0.25, -0.2) is 17.5 Å². The van der Waals surface area contributed by atoms with Crippen molar-refractivity contribution >= 4 is 27.3 Å². The van der Waals surface area contributed by atoms with Crippen LogP contribution in [-0.4, -0.2) is 8.42 Å². The van der Waals surface area contributed by atoms with Gasteiger partial charge < -0.3 is 5.73 Å². The van der Waals surface area contributed by atoms with Crippen LogP contribution in [-0.2, 0) is 16.6 Å². The third-order valence-corrected chi connectivity index (χ3v) is 4.64. The average Bonchev–Trinajstić information content (AvgIpc) is 2.42. The summed E-state index contributed by atoms with van der Waals surface area (Å²) in [5, 5.41) is 0.511. The molecule has 0 saturated heterocycles. The standard InChI is InChI=1S/C14H14ClFN2O2S/c1-9-13(16)6-12(7-14(9)17)21(19,20)18-8-10-3-2-4-11(15)5-10/h2-7,18H,8,17H2,1H3. The quantitative estimate of drug-likeness (QED) is 0.848. The summed E-state index contributed by atoms with van der Waals surface area (Å²) in [4.78, 5) is -0.204. The van der Waals surface area contributed by atoms with E-state index in [1.165, 1.54) is 13.0 Å². The van der Waals surface area contributed by atoms with E-state index in [0.717, 1.165) is 6.07 Å². The van der Waals surface area contributed by atoms with Crippen LogP contribution >= 0.6 is 11.6 Å². The predicted molar refractivity (Wildman–Crippen MR) is 81.0 cm³/mol. The van der Waals surface area contributed by atoms with Crippen molar-refractivity contribution in [3.8, 4) is 0 Å². The molecule has 3 N–H and O–H groups in total. The fourth-order valence-corrected chi connectivity index (χ4v) is 3.01. The van der Waals surface area contributed by atoms with Gasteiger partial charge in [-0.15, -0.1) is 0 Å². The molecule has 0 unspecified atom stereocenters. The Bertz CT molecular complexity index is 755. The molecule has 2 rings (SSSR count). The topological polar surface area (TPSA) is 72.2 Å². The number of nitrogen functional groups attached to an aromatic ring is 1. The number of benzene rings is 2. The lowest BCUT2D eigenvalue weighted by molar-refractivity contribution is 0.576. The highest BCUT2D eigenvalue weighted by molar-refractivity contribution is 7.89. The van der Waals surface area contributed by atoms with Crippen LogP contribution in [0, 0.1) is 12.7 Å². The van der Waals surface area contributed by atoms with Crippen LogP contribution in [0.1, 0.15) is 11.1 Å². The smallest absolute Gasteiger partial charge is 0.241 e. The van der Waals surface area contributed by atoms with E-state index in [9.17, 15) is 12.8 Å². The SMILES string of the molecule is Cc1c(N)cc(S(=O)(=O)NCc2cccc(Cl)c2)cc1F. The highest BCUT2D eigenvalue weighted by Crippen LogP contribution is 2.21. The number of hydrogen-bond acceptors (Lipinski definition) is 3. The van der Waals surface area contributed by atoms with E-state index in [0.29, 0.717) is 10.6 Å². The minimum Gasteiger partial charge on any atom is -0.398 e. The molecule has 0 atom stereocenters. The van der Waals surface area contributed by atoms with Crippen LogP contribution in [0.2, 0.25) is 5.02 Å². The molecule has 0 aliphatic rings. The molecule has 21 heavy (non-hydrogen) atoms. The van der Waals surface area contributed by atoms with Crippen molar-refractivity contribution in [3.05, 3.63) is 58.4 Å². The fourth-order valence-electron chi connectivity index (χ4n) is 1.74. The Morgan fingerprint density at radius 1 is 1.29 bits per heavy atom. The molecule has 0 amide bonds. The first-order valence-corrected chi connectivity index (χ1v) is 7.95. The second kappa shape index (κ2) is 6.01. The summed E-state index contributed by atoms with van der Waals surface area (Å²) in [7, 11) is -3.85. The Kier molecular flexibility index (Phi) is 4.51. The number of sulfonamides is 1. The molecule has 112 valence electrons.